The molecule has 0 aliphatic rings. The summed E-state index contributed by atoms with van der Waals surface area (Å²) < 4.78 is 1.10. The molecule has 0 amide bonds. The van der Waals surface area contributed by atoms with Crippen LogP contribution >= 0.6 is 15.9 Å². The van der Waals surface area contributed by atoms with Crippen molar-refractivity contribution < 1.29 is 0 Å². The van der Waals surface area contributed by atoms with Crippen molar-refractivity contribution in [2.24, 2.45) is 0 Å². The second kappa shape index (κ2) is 6.57. The fourth-order valence-electron chi connectivity index (χ4n) is 1.77. The van der Waals surface area contributed by atoms with Gasteiger partial charge in [-0.1, -0.05) is 28.9 Å². The molecule has 2 N–H and O–H groups in total. The fourth-order valence-corrected chi connectivity index (χ4v) is 2.14. The first kappa shape index (κ1) is 13.9. The van der Waals surface area contributed by atoms with E-state index in [0.717, 1.165) is 34.5 Å². The van der Waals surface area contributed by atoms with E-state index in [9.17, 15) is 0 Å². The average molecular weight is 320 g/mol. The minimum atomic E-state index is 0.959. The molecule has 0 atom stereocenters. The van der Waals surface area contributed by atoms with Gasteiger partial charge >= 0.3 is 0 Å². The summed E-state index contributed by atoms with van der Waals surface area (Å²) in [6.07, 6.45) is 4.77. The first-order valence-electron chi connectivity index (χ1n) is 6.41. The maximum Gasteiger partial charge on any atom is 0.0591 e. The van der Waals surface area contributed by atoms with E-state index in [0.29, 0.717) is 0 Å². The molecule has 0 spiro atoms. The van der Waals surface area contributed by atoms with Crippen LogP contribution in [0.25, 0.3) is 0 Å². The Kier molecular flexibility index (Phi) is 4.80. The number of hydrogen-bond acceptors (Lipinski definition) is 3. The molecule has 3 nitrogen and oxygen atoms in total. The first-order valence-corrected chi connectivity index (χ1v) is 7.21. The highest BCUT2D eigenvalue weighted by Crippen LogP contribution is 2.26. The van der Waals surface area contributed by atoms with Gasteiger partial charge in [0.25, 0.3) is 0 Å². The molecule has 0 fully saturated rings. The standard InChI is InChI=1S/C15H18BrN3/c1-3-7-18-12-8-13(10-17-9-12)19-15-6-4-5-14(16)11(15)2/h4-6,8-10,18-19H,3,7H2,1-2H3. The summed E-state index contributed by atoms with van der Waals surface area (Å²) in [5.41, 5.74) is 4.31. The molecule has 0 aliphatic heterocycles. The third kappa shape index (κ3) is 3.70. The molecule has 1 aromatic carbocycles. The lowest BCUT2D eigenvalue weighted by atomic mass is 10.2. The molecule has 0 radical (unpaired) electrons. The molecule has 2 aromatic rings. The summed E-state index contributed by atoms with van der Waals surface area (Å²) in [5, 5.41) is 6.73. The molecule has 0 saturated heterocycles. The van der Waals surface area contributed by atoms with Crippen molar-refractivity contribution in [3.63, 3.8) is 0 Å². The Labute approximate surface area is 122 Å². The molecule has 0 aliphatic carbocycles. The Morgan fingerprint density at radius 2 is 2.00 bits per heavy atom. The maximum absolute atomic E-state index is 4.25. The Bertz CT molecular complexity index is 555. The highest BCUT2D eigenvalue weighted by molar-refractivity contribution is 9.10. The number of rotatable bonds is 5. The number of hydrogen-bond donors (Lipinski definition) is 2. The Morgan fingerprint density at radius 1 is 1.21 bits per heavy atom. The van der Waals surface area contributed by atoms with Crippen LogP contribution in [-0.2, 0) is 0 Å². The molecular weight excluding hydrogens is 302 g/mol. The van der Waals surface area contributed by atoms with E-state index in [1.54, 1.807) is 0 Å². The number of nitrogens with zero attached hydrogens (tertiary/aromatic N) is 1. The molecule has 19 heavy (non-hydrogen) atoms. The van der Waals surface area contributed by atoms with Crippen molar-refractivity contribution in [2.45, 2.75) is 20.3 Å². The number of nitrogens with one attached hydrogen (secondary N) is 2. The average Bonchev–Trinajstić information content (AvgIpc) is 2.42. The van der Waals surface area contributed by atoms with E-state index in [1.165, 1.54) is 5.56 Å². The van der Waals surface area contributed by atoms with Crippen LogP contribution in [0.4, 0.5) is 17.1 Å². The molecule has 0 saturated carbocycles. The van der Waals surface area contributed by atoms with Gasteiger partial charge in [-0.05, 0) is 37.1 Å². The monoisotopic (exact) mass is 319 g/mol. The van der Waals surface area contributed by atoms with Crippen molar-refractivity contribution in [3.8, 4) is 0 Å². The topological polar surface area (TPSA) is 37.0 Å². The van der Waals surface area contributed by atoms with E-state index >= 15 is 0 Å². The van der Waals surface area contributed by atoms with Crippen LogP contribution in [0.15, 0.2) is 41.1 Å². The number of pyridine rings is 1. The van der Waals surface area contributed by atoms with E-state index in [2.05, 4.69) is 57.5 Å². The Balaban J connectivity index is 2.16. The zero-order chi connectivity index (χ0) is 13.7. The molecular formula is C15H18BrN3. The number of anilines is 3. The number of aromatic nitrogens is 1. The minimum absolute atomic E-state index is 0.959. The van der Waals surface area contributed by atoms with E-state index < -0.39 is 0 Å². The lowest BCUT2D eigenvalue weighted by molar-refractivity contribution is 0.978. The van der Waals surface area contributed by atoms with Gasteiger partial charge in [0, 0.05) is 16.7 Å². The third-order valence-electron chi connectivity index (χ3n) is 2.86. The van der Waals surface area contributed by atoms with Crippen molar-refractivity contribution in [3.05, 3.63) is 46.7 Å². The fraction of sp³-hybridized carbons (Fsp3) is 0.267. The highest BCUT2D eigenvalue weighted by atomic mass is 79.9. The van der Waals surface area contributed by atoms with E-state index in [1.807, 2.05) is 24.5 Å². The van der Waals surface area contributed by atoms with Gasteiger partial charge in [0.15, 0.2) is 0 Å². The van der Waals surface area contributed by atoms with Crippen LogP contribution in [0.3, 0.4) is 0 Å². The first-order chi connectivity index (χ1) is 9.20. The van der Waals surface area contributed by atoms with Gasteiger partial charge in [-0.2, -0.15) is 0 Å². The highest BCUT2D eigenvalue weighted by Gasteiger charge is 2.03. The van der Waals surface area contributed by atoms with E-state index in [-0.39, 0.29) is 0 Å². The second-order valence-electron chi connectivity index (χ2n) is 4.43. The smallest absolute Gasteiger partial charge is 0.0591 e. The normalized spacial score (nSPS) is 10.3. The summed E-state index contributed by atoms with van der Waals surface area (Å²) in [4.78, 5) is 4.25. The van der Waals surface area contributed by atoms with Gasteiger partial charge in [-0.3, -0.25) is 4.98 Å². The van der Waals surface area contributed by atoms with Crippen LogP contribution < -0.4 is 10.6 Å². The predicted octanol–water partition coefficient (Wildman–Crippen LogP) is 4.72. The molecule has 2 rings (SSSR count). The SMILES string of the molecule is CCCNc1cncc(Nc2cccc(Br)c2C)c1. The van der Waals surface area contributed by atoms with Gasteiger partial charge in [-0.25, -0.2) is 0 Å². The van der Waals surface area contributed by atoms with Gasteiger partial charge in [0.1, 0.15) is 0 Å². The minimum Gasteiger partial charge on any atom is -0.384 e. The quantitative estimate of drug-likeness (QED) is 0.837. The van der Waals surface area contributed by atoms with Crippen LogP contribution in [0.1, 0.15) is 18.9 Å². The van der Waals surface area contributed by atoms with Gasteiger partial charge in [0.05, 0.1) is 23.8 Å². The van der Waals surface area contributed by atoms with Crippen LogP contribution in [-0.4, -0.2) is 11.5 Å². The zero-order valence-corrected chi connectivity index (χ0v) is 12.8. The molecule has 0 bridgehead atoms. The molecule has 1 aromatic heterocycles. The molecule has 0 unspecified atom stereocenters. The molecule has 1 heterocycles. The summed E-state index contributed by atoms with van der Waals surface area (Å²) in [6.45, 7) is 5.19. The van der Waals surface area contributed by atoms with Crippen LogP contribution in [0, 0.1) is 6.92 Å². The molecule has 100 valence electrons. The van der Waals surface area contributed by atoms with Crippen molar-refractivity contribution in [1.29, 1.82) is 0 Å². The number of halogens is 1. The number of benzene rings is 1. The van der Waals surface area contributed by atoms with Crippen LogP contribution in [0.5, 0.6) is 0 Å². The van der Waals surface area contributed by atoms with E-state index in [4.69, 9.17) is 0 Å². The molecule has 4 heteroatoms. The third-order valence-corrected chi connectivity index (χ3v) is 3.72. The lowest BCUT2D eigenvalue weighted by Gasteiger charge is -2.12. The predicted molar refractivity (Wildman–Crippen MR) is 85.2 cm³/mol. The summed E-state index contributed by atoms with van der Waals surface area (Å²) >= 11 is 3.54. The maximum atomic E-state index is 4.25. The van der Waals surface area contributed by atoms with Crippen molar-refractivity contribution in [1.82, 2.24) is 4.98 Å². The largest absolute Gasteiger partial charge is 0.384 e. The summed E-state index contributed by atoms with van der Waals surface area (Å²) in [7, 11) is 0. The van der Waals surface area contributed by atoms with Crippen molar-refractivity contribution >= 4 is 33.0 Å². The summed E-state index contributed by atoms with van der Waals surface area (Å²) in [5.74, 6) is 0. The van der Waals surface area contributed by atoms with Gasteiger partial charge < -0.3 is 10.6 Å². The zero-order valence-electron chi connectivity index (χ0n) is 11.2. The van der Waals surface area contributed by atoms with Crippen molar-refractivity contribution in [2.75, 3.05) is 17.2 Å². The summed E-state index contributed by atoms with van der Waals surface area (Å²) in [6, 6.07) is 8.19. The Morgan fingerprint density at radius 3 is 2.79 bits per heavy atom. The van der Waals surface area contributed by atoms with Gasteiger partial charge in [-0.15, -0.1) is 0 Å². The Hall–Kier alpha value is -1.55. The second-order valence-corrected chi connectivity index (χ2v) is 5.28. The van der Waals surface area contributed by atoms with Crippen LogP contribution in [0.2, 0.25) is 0 Å². The lowest BCUT2D eigenvalue weighted by Crippen LogP contribution is -2.01. The van der Waals surface area contributed by atoms with Gasteiger partial charge in [0.2, 0.25) is 0 Å².